The molecule has 0 aliphatic heterocycles. The van der Waals surface area contributed by atoms with Crippen molar-refractivity contribution in [3.63, 3.8) is 0 Å². The first-order chi connectivity index (χ1) is 23.4. The minimum Gasteiger partial charge on any atom is -0.494 e. The summed E-state index contributed by atoms with van der Waals surface area (Å²) < 4.78 is 5.84. The number of hydrogen-bond acceptors (Lipinski definition) is 6. The van der Waals surface area contributed by atoms with E-state index in [9.17, 15) is 14.4 Å². The summed E-state index contributed by atoms with van der Waals surface area (Å²) in [5.41, 5.74) is 10.9. The van der Waals surface area contributed by atoms with Gasteiger partial charge in [0.1, 0.15) is 11.8 Å². The van der Waals surface area contributed by atoms with Crippen molar-refractivity contribution in [1.82, 2.24) is 15.3 Å². The second-order valence-electron chi connectivity index (χ2n) is 13.1. The highest BCUT2D eigenvalue weighted by atomic mass is 16.5. The van der Waals surface area contributed by atoms with Crippen molar-refractivity contribution < 1.29 is 24.2 Å². The van der Waals surface area contributed by atoms with Crippen molar-refractivity contribution in [3.05, 3.63) is 102 Å². The highest BCUT2D eigenvalue weighted by molar-refractivity contribution is 5.92. The number of nitrogens with zero attached hydrogens (tertiary/aromatic N) is 2. The number of benzene rings is 3. The summed E-state index contributed by atoms with van der Waals surface area (Å²) in [5, 5.41) is 11.3. The van der Waals surface area contributed by atoms with Gasteiger partial charge >= 0.3 is 5.97 Å². The molecule has 2 amide bonds. The average molecular weight is 667 g/mol. The molecule has 0 bridgehead atoms. The Kier molecular flexibility index (Phi) is 14.9. The van der Waals surface area contributed by atoms with E-state index >= 15 is 0 Å². The molecular formula is C40H50N4O5. The van der Waals surface area contributed by atoms with Gasteiger partial charge in [0.2, 0.25) is 11.8 Å². The summed E-state index contributed by atoms with van der Waals surface area (Å²) in [6.07, 6.45) is 10.5. The zero-order valence-corrected chi connectivity index (χ0v) is 29.4. The number of carbonyl (C=O) groups is 3. The van der Waals surface area contributed by atoms with E-state index in [1.165, 1.54) is 38.2 Å². The van der Waals surface area contributed by atoms with Crippen LogP contribution in [0.3, 0.4) is 0 Å². The van der Waals surface area contributed by atoms with E-state index in [0.717, 1.165) is 41.0 Å². The molecule has 0 radical (unpaired) electrons. The molecule has 1 aromatic heterocycles. The first-order valence-corrected chi connectivity index (χ1v) is 16.9. The predicted molar refractivity (Wildman–Crippen MR) is 194 cm³/mol. The van der Waals surface area contributed by atoms with Crippen LogP contribution in [0.2, 0.25) is 0 Å². The van der Waals surface area contributed by atoms with Crippen molar-refractivity contribution in [2.24, 2.45) is 5.73 Å². The molecule has 0 spiro atoms. The summed E-state index contributed by atoms with van der Waals surface area (Å²) in [6, 6.07) is 22.3. The van der Waals surface area contributed by atoms with Crippen LogP contribution in [0.5, 0.6) is 5.75 Å². The normalized spacial score (nSPS) is 11.5. The Labute approximate surface area is 290 Å². The van der Waals surface area contributed by atoms with Gasteiger partial charge in [0, 0.05) is 35.5 Å². The lowest BCUT2D eigenvalue weighted by atomic mass is 9.87. The molecule has 3 aromatic carbocycles. The Morgan fingerprint density at radius 1 is 0.816 bits per heavy atom. The smallest absolute Gasteiger partial charge is 0.325 e. The van der Waals surface area contributed by atoms with Gasteiger partial charge in [-0.1, -0.05) is 102 Å². The summed E-state index contributed by atoms with van der Waals surface area (Å²) in [4.78, 5) is 42.5. The number of unbranched alkanes of at least 4 members (excludes halogenated alkanes) is 4. The number of aryl methyl sites for hydroxylation is 1. The number of primary amides is 1. The number of carbonyl (C=O) groups excluding carboxylic acids is 2. The number of hydrogen-bond donors (Lipinski definition) is 3. The quantitative estimate of drug-likeness (QED) is 0.110. The summed E-state index contributed by atoms with van der Waals surface area (Å²) in [7, 11) is 0. The minimum absolute atomic E-state index is 0.121. The lowest BCUT2D eigenvalue weighted by Crippen LogP contribution is -2.38. The molecule has 0 unspecified atom stereocenters. The Balaban J connectivity index is 0.000000419. The number of amides is 2. The van der Waals surface area contributed by atoms with Gasteiger partial charge in [-0.15, -0.1) is 0 Å². The first-order valence-electron chi connectivity index (χ1n) is 16.9. The van der Waals surface area contributed by atoms with Gasteiger partial charge in [-0.25, -0.2) is 9.97 Å². The van der Waals surface area contributed by atoms with Gasteiger partial charge in [0.15, 0.2) is 5.82 Å². The molecule has 0 aliphatic carbocycles. The lowest BCUT2D eigenvalue weighted by Gasteiger charge is -2.18. The van der Waals surface area contributed by atoms with E-state index in [2.05, 4.69) is 43.0 Å². The number of aromatic nitrogens is 2. The van der Waals surface area contributed by atoms with E-state index < -0.39 is 12.0 Å². The van der Waals surface area contributed by atoms with Gasteiger partial charge in [0.25, 0.3) is 0 Å². The van der Waals surface area contributed by atoms with Crippen LogP contribution in [-0.4, -0.2) is 45.5 Å². The van der Waals surface area contributed by atoms with E-state index in [1.807, 2.05) is 73.1 Å². The van der Waals surface area contributed by atoms with Crippen LogP contribution in [-0.2, 0) is 21.4 Å². The topological polar surface area (TPSA) is 144 Å². The molecule has 0 saturated heterocycles. The van der Waals surface area contributed by atoms with Gasteiger partial charge < -0.3 is 20.9 Å². The number of carboxylic acid groups (broad SMARTS) is 1. The second-order valence-corrected chi connectivity index (χ2v) is 13.1. The first kappa shape index (κ1) is 38.4. The van der Waals surface area contributed by atoms with Crippen molar-refractivity contribution >= 4 is 17.8 Å². The summed E-state index contributed by atoms with van der Waals surface area (Å²) >= 11 is 0. The molecule has 4 rings (SSSR count). The molecular weight excluding hydrogens is 616 g/mol. The second kappa shape index (κ2) is 19.1. The van der Waals surface area contributed by atoms with Crippen LogP contribution in [0.25, 0.3) is 22.5 Å². The van der Waals surface area contributed by atoms with Crippen LogP contribution in [0, 0.1) is 0 Å². The largest absolute Gasteiger partial charge is 0.494 e. The predicted octanol–water partition coefficient (Wildman–Crippen LogP) is 7.76. The standard InChI is InChI=1S/C29H35N3O4.C11H15NO/c1-3-4-5-6-7-18-36-26-15-13-23(14-16-26)25-19-30-28(31-20-25)24-11-8-22(9-12-24)10-17-27(33)32-21(2)29(34)35;1-11(2,3)9-6-4-8(5-7-9)10(12)13/h8-9,11-16,19-21H,3-7,10,17-18H2,1-2H3,(H,32,33)(H,34,35);4-7H,1-3H3,(H2,12,13)/t21-;/m1./s1. The average Bonchev–Trinajstić information content (AvgIpc) is 3.09. The number of rotatable bonds is 15. The third-order valence-corrected chi connectivity index (χ3v) is 7.99. The van der Waals surface area contributed by atoms with Gasteiger partial charge in [-0.05, 0) is 66.1 Å². The molecule has 0 saturated carbocycles. The number of nitrogens with one attached hydrogen (secondary N) is 1. The van der Waals surface area contributed by atoms with Gasteiger partial charge in [-0.3, -0.25) is 14.4 Å². The lowest BCUT2D eigenvalue weighted by molar-refractivity contribution is -0.141. The maximum atomic E-state index is 11.9. The zero-order valence-electron chi connectivity index (χ0n) is 29.4. The molecule has 4 N–H and O–H groups in total. The fraction of sp³-hybridized carbons (Fsp3) is 0.375. The fourth-order valence-corrected chi connectivity index (χ4v) is 4.85. The van der Waals surface area contributed by atoms with Crippen LogP contribution in [0.15, 0.2) is 85.2 Å². The molecule has 1 atom stereocenters. The van der Waals surface area contributed by atoms with Crippen molar-refractivity contribution in [3.8, 4) is 28.3 Å². The highest BCUT2D eigenvalue weighted by Gasteiger charge is 2.14. The van der Waals surface area contributed by atoms with Crippen LogP contribution in [0.4, 0.5) is 0 Å². The van der Waals surface area contributed by atoms with Crippen molar-refractivity contribution in [2.75, 3.05) is 6.61 Å². The van der Waals surface area contributed by atoms with E-state index in [-0.39, 0.29) is 23.7 Å². The Morgan fingerprint density at radius 3 is 1.96 bits per heavy atom. The molecule has 4 aromatic rings. The molecule has 260 valence electrons. The minimum atomic E-state index is -1.05. The molecule has 1 heterocycles. The number of ether oxygens (including phenoxy) is 1. The van der Waals surface area contributed by atoms with Crippen LogP contribution >= 0.6 is 0 Å². The fourth-order valence-electron chi connectivity index (χ4n) is 4.85. The van der Waals surface area contributed by atoms with E-state index in [1.54, 1.807) is 12.1 Å². The van der Waals surface area contributed by atoms with E-state index in [4.69, 9.17) is 15.6 Å². The molecule has 9 heteroatoms. The maximum Gasteiger partial charge on any atom is 0.325 e. The number of nitrogens with two attached hydrogens (primary N) is 1. The number of carboxylic acids is 1. The monoisotopic (exact) mass is 666 g/mol. The zero-order chi connectivity index (χ0) is 35.8. The Bertz CT molecular complexity index is 1610. The molecule has 9 nitrogen and oxygen atoms in total. The highest BCUT2D eigenvalue weighted by Crippen LogP contribution is 2.24. The SMILES string of the molecule is CC(C)(C)c1ccc(C(N)=O)cc1.CCCCCCCOc1ccc(-c2cnc(-c3ccc(CCC(=O)N[C@H](C)C(=O)O)cc3)nc2)cc1. The summed E-state index contributed by atoms with van der Waals surface area (Å²) in [6.45, 7) is 10.8. The van der Waals surface area contributed by atoms with Gasteiger partial charge in [0.05, 0.1) is 6.61 Å². The van der Waals surface area contributed by atoms with Crippen LogP contribution < -0.4 is 15.8 Å². The molecule has 0 fully saturated rings. The van der Waals surface area contributed by atoms with E-state index in [0.29, 0.717) is 17.8 Å². The Morgan fingerprint density at radius 2 is 1.41 bits per heavy atom. The van der Waals surface area contributed by atoms with Crippen molar-refractivity contribution in [1.29, 1.82) is 0 Å². The number of aliphatic carboxylic acids is 1. The van der Waals surface area contributed by atoms with Crippen molar-refractivity contribution in [2.45, 2.75) is 91.0 Å². The molecule has 0 aliphatic rings. The van der Waals surface area contributed by atoms with Gasteiger partial charge in [-0.2, -0.15) is 0 Å². The van der Waals surface area contributed by atoms with Crippen LogP contribution in [0.1, 0.15) is 94.6 Å². The Hall–Kier alpha value is -5.05. The third kappa shape index (κ3) is 13.2. The maximum absolute atomic E-state index is 11.9. The summed E-state index contributed by atoms with van der Waals surface area (Å²) in [5.74, 6) is -0.203. The third-order valence-electron chi connectivity index (χ3n) is 7.99. The molecule has 49 heavy (non-hydrogen) atoms.